The summed E-state index contributed by atoms with van der Waals surface area (Å²) in [6, 6.07) is 10.6. The molecule has 0 aromatic heterocycles. The minimum Gasteiger partial charge on any atom is -0.352 e. The van der Waals surface area contributed by atoms with Gasteiger partial charge in [-0.25, -0.2) is 8.70 Å². The Bertz CT molecular complexity index is 1110. The number of amides is 2. The van der Waals surface area contributed by atoms with E-state index in [1.807, 2.05) is 13.8 Å². The van der Waals surface area contributed by atoms with Crippen molar-refractivity contribution < 1.29 is 22.4 Å². The molecule has 2 atom stereocenters. The van der Waals surface area contributed by atoms with Gasteiger partial charge in [-0.15, -0.1) is 0 Å². The van der Waals surface area contributed by atoms with Gasteiger partial charge in [0.1, 0.15) is 18.4 Å². The topological polar surface area (TPSA) is 90.0 Å². The van der Waals surface area contributed by atoms with Gasteiger partial charge in [-0.3, -0.25) is 9.59 Å². The van der Waals surface area contributed by atoms with E-state index in [-0.39, 0.29) is 24.2 Å². The molecular formula is C24H32ClFN4O4S. The second-order valence-electron chi connectivity index (χ2n) is 8.42. The van der Waals surface area contributed by atoms with Crippen LogP contribution in [0, 0.1) is 5.82 Å². The highest BCUT2D eigenvalue weighted by Gasteiger charge is 2.32. The third-order valence-electron chi connectivity index (χ3n) is 5.57. The molecule has 0 radical (unpaired) electrons. The third kappa shape index (κ3) is 7.65. The molecule has 2 amide bonds. The summed E-state index contributed by atoms with van der Waals surface area (Å²) in [6.07, 6.45) is 0.711. The van der Waals surface area contributed by atoms with E-state index in [1.165, 1.54) is 31.1 Å². The Kier molecular flexibility index (Phi) is 10.1. The summed E-state index contributed by atoms with van der Waals surface area (Å²) in [5.74, 6) is -1.49. The maximum Gasteiger partial charge on any atom is 0.304 e. The van der Waals surface area contributed by atoms with Crippen LogP contribution in [0.4, 0.5) is 10.1 Å². The van der Waals surface area contributed by atoms with Crippen molar-refractivity contribution in [3.8, 4) is 0 Å². The van der Waals surface area contributed by atoms with Crippen LogP contribution in [0.2, 0.25) is 5.02 Å². The molecule has 192 valence electrons. The van der Waals surface area contributed by atoms with E-state index < -0.39 is 34.5 Å². The van der Waals surface area contributed by atoms with Gasteiger partial charge in [-0.1, -0.05) is 30.7 Å². The zero-order valence-electron chi connectivity index (χ0n) is 20.5. The van der Waals surface area contributed by atoms with Crippen LogP contribution >= 0.6 is 11.6 Å². The van der Waals surface area contributed by atoms with Gasteiger partial charge in [0.15, 0.2) is 0 Å². The lowest BCUT2D eigenvalue weighted by atomic mass is 10.1. The number of nitrogens with one attached hydrogen (secondary N) is 1. The Hall–Kier alpha value is -2.69. The number of rotatable bonds is 11. The largest absolute Gasteiger partial charge is 0.352 e. The van der Waals surface area contributed by atoms with Gasteiger partial charge in [0.2, 0.25) is 11.8 Å². The van der Waals surface area contributed by atoms with Crippen LogP contribution in [0.5, 0.6) is 0 Å². The second-order valence-corrected chi connectivity index (χ2v) is 10.9. The molecule has 0 aliphatic rings. The van der Waals surface area contributed by atoms with Crippen molar-refractivity contribution in [2.45, 2.75) is 45.8 Å². The summed E-state index contributed by atoms with van der Waals surface area (Å²) in [6.45, 7) is 4.86. The predicted molar refractivity (Wildman–Crippen MR) is 136 cm³/mol. The molecule has 35 heavy (non-hydrogen) atoms. The molecule has 0 unspecified atom stereocenters. The average Bonchev–Trinajstić information content (AvgIpc) is 2.81. The summed E-state index contributed by atoms with van der Waals surface area (Å²) in [5, 5.41) is 3.39. The average molecular weight is 527 g/mol. The van der Waals surface area contributed by atoms with E-state index >= 15 is 0 Å². The number of hydrogen-bond donors (Lipinski definition) is 1. The van der Waals surface area contributed by atoms with Gasteiger partial charge in [0.25, 0.3) is 0 Å². The molecule has 0 aliphatic heterocycles. The first kappa shape index (κ1) is 28.5. The van der Waals surface area contributed by atoms with E-state index in [4.69, 9.17) is 11.6 Å². The standard InChI is InChI=1S/C24H32ClFN4O4S/c1-6-17(2)27-24(32)18(3)29(15-19-7-9-20(25)10-8-19)23(31)16-30(35(33,34)28(4)5)22-13-11-21(26)12-14-22/h7-14,17-18H,6,15-16H2,1-5H3,(H,27,32)/t17-,18-/m1/s1. The number of halogens is 2. The summed E-state index contributed by atoms with van der Waals surface area (Å²) >= 11 is 5.98. The lowest BCUT2D eigenvalue weighted by Gasteiger charge is -2.33. The molecular weight excluding hydrogens is 495 g/mol. The van der Waals surface area contributed by atoms with Crippen molar-refractivity contribution in [1.82, 2.24) is 14.5 Å². The number of anilines is 1. The van der Waals surface area contributed by atoms with Crippen molar-refractivity contribution in [3.05, 3.63) is 64.9 Å². The summed E-state index contributed by atoms with van der Waals surface area (Å²) < 4.78 is 41.4. The molecule has 11 heteroatoms. The van der Waals surface area contributed by atoms with Crippen LogP contribution in [0.3, 0.4) is 0 Å². The zero-order valence-corrected chi connectivity index (χ0v) is 22.1. The van der Waals surface area contributed by atoms with E-state index in [2.05, 4.69) is 5.32 Å². The molecule has 2 aromatic carbocycles. The molecule has 8 nitrogen and oxygen atoms in total. The van der Waals surface area contributed by atoms with Crippen LogP contribution in [0.25, 0.3) is 0 Å². The predicted octanol–water partition coefficient (Wildman–Crippen LogP) is 3.42. The minimum atomic E-state index is -4.10. The molecule has 0 heterocycles. The van der Waals surface area contributed by atoms with Crippen LogP contribution in [-0.2, 0) is 26.3 Å². The van der Waals surface area contributed by atoms with Gasteiger partial charge < -0.3 is 10.2 Å². The van der Waals surface area contributed by atoms with Gasteiger partial charge >= 0.3 is 10.2 Å². The van der Waals surface area contributed by atoms with Crippen molar-refractivity contribution in [2.24, 2.45) is 0 Å². The maximum atomic E-state index is 13.6. The number of carbonyl (C=O) groups excluding carboxylic acids is 2. The number of nitrogens with zero attached hydrogens (tertiary/aromatic N) is 3. The highest BCUT2D eigenvalue weighted by molar-refractivity contribution is 7.90. The molecule has 0 fully saturated rings. The van der Waals surface area contributed by atoms with E-state index in [1.54, 1.807) is 31.2 Å². The maximum absolute atomic E-state index is 13.6. The fraction of sp³-hybridized carbons (Fsp3) is 0.417. The first-order valence-electron chi connectivity index (χ1n) is 11.2. The fourth-order valence-corrected chi connectivity index (χ4v) is 4.34. The van der Waals surface area contributed by atoms with E-state index in [9.17, 15) is 22.4 Å². The van der Waals surface area contributed by atoms with Gasteiger partial charge in [-0.2, -0.15) is 12.7 Å². The van der Waals surface area contributed by atoms with Crippen LogP contribution < -0.4 is 9.62 Å². The Morgan fingerprint density at radius 3 is 2.11 bits per heavy atom. The first-order valence-corrected chi connectivity index (χ1v) is 12.9. The molecule has 1 N–H and O–H groups in total. The van der Waals surface area contributed by atoms with Crippen LogP contribution in [0.15, 0.2) is 48.5 Å². The fourth-order valence-electron chi connectivity index (χ4n) is 3.16. The summed E-state index contributed by atoms with van der Waals surface area (Å²) in [5.41, 5.74) is 0.839. The SMILES string of the molecule is CC[C@@H](C)NC(=O)[C@@H](C)N(Cc1ccc(Cl)cc1)C(=O)CN(c1ccc(F)cc1)S(=O)(=O)N(C)C. The number of benzene rings is 2. The van der Waals surface area contributed by atoms with Crippen LogP contribution in [-0.4, -0.2) is 62.2 Å². The Balaban J connectivity index is 2.43. The van der Waals surface area contributed by atoms with Crippen molar-refractivity contribution in [3.63, 3.8) is 0 Å². The van der Waals surface area contributed by atoms with E-state index in [0.717, 1.165) is 26.3 Å². The zero-order chi connectivity index (χ0) is 26.3. The van der Waals surface area contributed by atoms with Crippen molar-refractivity contribution in [2.75, 3.05) is 24.9 Å². The molecule has 0 saturated carbocycles. The monoisotopic (exact) mass is 526 g/mol. The highest BCUT2D eigenvalue weighted by atomic mass is 35.5. The molecule has 2 rings (SSSR count). The lowest BCUT2D eigenvalue weighted by molar-refractivity contribution is -0.139. The third-order valence-corrected chi connectivity index (χ3v) is 7.64. The summed E-state index contributed by atoms with van der Waals surface area (Å²) in [4.78, 5) is 27.8. The van der Waals surface area contributed by atoms with Gasteiger partial charge in [-0.05, 0) is 62.2 Å². The molecule has 0 bridgehead atoms. The molecule has 0 spiro atoms. The Morgan fingerprint density at radius 1 is 1.03 bits per heavy atom. The van der Waals surface area contributed by atoms with Crippen molar-refractivity contribution in [1.29, 1.82) is 0 Å². The molecule has 0 aliphatic carbocycles. The first-order chi connectivity index (χ1) is 16.4. The molecule has 2 aromatic rings. The summed E-state index contributed by atoms with van der Waals surface area (Å²) in [7, 11) is -1.43. The van der Waals surface area contributed by atoms with Gasteiger partial charge in [0, 0.05) is 31.7 Å². The van der Waals surface area contributed by atoms with Crippen molar-refractivity contribution >= 4 is 39.3 Å². The Morgan fingerprint density at radius 2 is 1.60 bits per heavy atom. The quantitative estimate of drug-likeness (QED) is 0.486. The highest BCUT2D eigenvalue weighted by Crippen LogP contribution is 2.21. The van der Waals surface area contributed by atoms with Crippen LogP contribution in [0.1, 0.15) is 32.8 Å². The molecule has 0 saturated heterocycles. The van der Waals surface area contributed by atoms with E-state index in [0.29, 0.717) is 11.4 Å². The Labute approximate surface area is 211 Å². The normalized spacial score (nSPS) is 13.3. The lowest BCUT2D eigenvalue weighted by Crippen LogP contribution is -2.53. The van der Waals surface area contributed by atoms with Gasteiger partial charge in [0.05, 0.1) is 5.69 Å². The number of carbonyl (C=O) groups is 2. The smallest absolute Gasteiger partial charge is 0.304 e. The second kappa shape index (κ2) is 12.3. The minimum absolute atomic E-state index is 0.0599. The number of hydrogen-bond acceptors (Lipinski definition) is 4.